The molecule has 0 fully saturated rings. The summed E-state index contributed by atoms with van der Waals surface area (Å²) >= 11 is 0. The molecule has 0 spiro atoms. The zero-order valence-corrected chi connectivity index (χ0v) is 10.7. The smallest absolute Gasteiger partial charge is 0.341 e. The van der Waals surface area contributed by atoms with E-state index in [1.165, 1.54) is 24.3 Å². The van der Waals surface area contributed by atoms with E-state index >= 15 is 0 Å². The summed E-state index contributed by atoms with van der Waals surface area (Å²) in [5, 5.41) is 25.0. The third kappa shape index (κ3) is 7.11. The molecule has 0 radical (unpaired) electrons. The van der Waals surface area contributed by atoms with E-state index in [9.17, 15) is 19.2 Å². The Labute approximate surface area is 118 Å². The number of ether oxygens (including phenoxy) is 1. The Kier molecular flexibility index (Phi) is 7.53. The van der Waals surface area contributed by atoms with Crippen molar-refractivity contribution in [2.75, 3.05) is 6.61 Å². The molecule has 1 rings (SSSR count). The largest absolute Gasteiger partial charge is 0.479 e. The molecule has 112 valence electrons. The summed E-state index contributed by atoms with van der Waals surface area (Å²) in [5.74, 6) is -4.36. The van der Waals surface area contributed by atoms with Crippen molar-refractivity contribution < 1.29 is 39.2 Å². The fourth-order valence-electron chi connectivity index (χ4n) is 1.05. The minimum Gasteiger partial charge on any atom is -0.479 e. The highest BCUT2D eigenvalue weighted by atomic mass is 16.5. The van der Waals surface area contributed by atoms with Crippen LogP contribution < -0.4 is 0 Å². The standard InChI is InChI=1S/C8H6O4.C5H6O4/c9-7(10)5-3-1-2-4-6(5)8(11)12;1-2-5(8)9-3-4(6)7/h1-4H,(H,9,10)(H,11,12);2H,1,3H2,(H,6,7). The average Bonchev–Trinajstić information content (AvgIpc) is 2.45. The lowest BCUT2D eigenvalue weighted by Crippen LogP contribution is -2.10. The molecular weight excluding hydrogens is 284 g/mol. The number of hydrogen-bond donors (Lipinski definition) is 3. The minimum atomic E-state index is -1.23. The van der Waals surface area contributed by atoms with Gasteiger partial charge >= 0.3 is 23.9 Å². The lowest BCUT2D eigenvalue weighted by Gasteiger charge is -1.98. The first-order valence-electron chi connectivity index (χ1n) is 5.36. The topological polar surface area (TPSA) is 138 Å². The van der Waals surface area contributed by atoms with Crippen LogP contribution in [-0.2, 0) is 14.3 Å². The molecule has 8 heteroatoms. The van der Waals surface area contributed by atoms with Gasteiger partial charge in [-0.05, 0) is 12.1 Å². The first-order chi connectivity index (χ1) is 9.79. The Balaban J connectivity index is 0.000000400. The molecule has 0 bridgehead atoms. The predicted molar refractivity (Wildman–Crippen MR) is 69.2 cm³/mol. The first-order valence-corrected chi connectivity index (χ1v) is 5.36. The van der Waals surface area contributed by atoms with Crippen molar-refractivity contribution in [1.82, 2.24) is 0 Å². The number of aromatic carboxylic acids is 2. The quantitative estimate of drug-likeness (QED) is 0.537. The van der Waals surface area contributed by atoms with E-state index in [1.54, 1.807) is 0 Å². The SMILES string of the molecule is C=CC(=O)OCC(=O)O.O=C(O)c1ccccc1C(=O)O. The molecule has 0 saturated carbocycles. The van der Waals surface area contributed by atoms with Gasteiger partial charge in [0.1, 0.15) is 0 Å². The average molecular weight is 296 g/mol. The summed E-state index contributed by atoms with van der Waals surface area (Å²) in [7, 11) is 0. The summed E-state index contributed by atoms with van der Waals surface area (Å²) < 4.78 is 4.10. The molecular formula is C13H12O8. The van der Waals surface area contributed by atoms with Gasteiger partial charge in [-0.2, -0.15) is 0 Å². The Bertz CT molecular complexity index is 528. The second kappa shape index (κ2) is 8.86. The summed E-state index contributed by atoms with van der Waals surface area (Å²) in [6.45, 7) is 2.46. The molecule has 1 aromatic carbocycles. The van der Waals surface area contributed by atoms with Crippen LogP contribution in [0, 0.1) is 0 Å². The molecule has 0 heterocycles. The highest BCUT2D eigenvalue weighted by Crippen LogP contribution is 2.07. The van der Waals surface area contributed by atoms with E-state index in [-0.39, 0.29) is 11.1 Å². The number of esters is 1. The van der Waals surface area contributed by atoms with Crippen molar-refractivity contribution in [3.8, 4) is 0 Å². The van der Waals surface area contributed by atoms with Gasteiger partial charge in [0.2, 0.25) is 0 Å². The highest BCUT2D eigenvalue weighted by Gasteiger charge is 2.13. The van der Waals surface area contributed by atoms with Crippen LogP contribution in [0.5, 0.6) is 0 Å². The number of benzene rings is 1. The van der Waals surface area contributed by atoms with Crippen LogP contribution in [0.15, 0.2) is 36.9 Å². The number of carbonyl (C=O) groups is 4. The fraction of sp³-hybridized carbons (Fsp3) is 0.0769. The third-order valence-electron chi connectivity index (χ3n) is 1.89. The number of carbonyl (C=O) groups excluding carboxylic acids is 1. The van der Waals surface area contributed by atoms with Crippen molar-refractivity contribution in [2.24, 2.45) is 0 Å². The molecule has 0 aromatic heterocycles. The predicted octanol–water partition coefficient (Wildman–Crippen LogP) is 0.883. The van der Waals surface area contributed by atoms with Crippen molar-refractivity contribution in [3.63, 3.8) is 0 Å². The molecule has 0 amide bonds. The van der Waals surface area contributed by atoms with Crippen LogP contribution in [0.1, 0.15) is 20.7 Å². The molecule has 21 heavy (non-hydrogen) atoms. The maximum Gasteiger partial charge on any atom is 0.341 e. The van der Waals surface area contributed by atoms with Gasteiger partial charge in [0.15, 0.2) is 6.61 Å². The molecule has 0 aliphatic rings. The Morgan fingerprint density at radius 2 is 1.43 bits per heavy atom. The lowest BCUT2D eigenvalue weighted by atomic mass is 10.1. The number of carboxylic acid groups (broad SMARTS) is 3. The monoisotopic (exact) mass is 296 g/mol. The first kappa shape index (κ1) is 17.8. The normalized spacial score (nSPS) is 8.76. The molecule has 0 unspecified atom stereocenters. The number of rotatable bonds is 5. The summed E-state index contributed by atoms with van der Waals surface area (Å²) in [5.41, 5.74) is -0.380. The van der Waals surface area contributed by atoms with Crippen LogP contribution in [0.3, 0.4) is 0 Å². The van der Waals surface area contributed by atoms with Gasteiger partial charge in [-0.25, -0.2) is 19.2 Å². The highest BCUT2D eigenvalue weighted by molar-refractivity contribution is 6.01. The molecule has 1 aromatic rings. The maximum atomic E-state index is 10.5. The van der Waals surface area contributed by atoms with Gasteiger partial charge in [-0.3, -0.25) is 0 Å². The van der Waals surface area contributed by atoms with Crippen LogP contribution in [0.4, 0.5) is 0 Å². The van der Waals surface area contributed by atoms with Gasteiger partial charge in [0.05, 0.1) is 11.1 Å². The Hall–Kier alpha value is -3.16. The second-order valence-corrected chi connectivity index (χ2v) is 3.36. The fourth-order valence-corrected chi connectivity index (χ4v) is 1.05. The van der Waals surface area contributed by atoms with Crippen molar-refractivity contribution in [2.45, 2.75) is 0 Å². The molecule has 8 nitrogen and oxygen atoms in total. The molecule has 0 atom stereocenters. The van der Waals surface area contributed by atoms with Crippen molar-refractivity contribution in [3.05, 3.63) is 48.0 Å². The van der Waals surface area contributed by atoms with Gasteiger partial charge < -0.3 is 20.1 Å². The van der Waals surface area contributed by atoms with E-state index in [0.29, 0.717) is 0 Å². The van der Waals surface area contributed by atoms with E-state index in [4.69, 9.17) is 15.3 Å². The number of aliphatic carboxylic acids is 1. The van der Waals surface area contributed by atoms with E-state index in [1.807, 2.05) is 0 Å². The second-order valence-electron chi connectivity index (χ2n) is 3.36. The molecule has 3 N–H and O–H groups in total. The molecule has 0 saturated heterocycles. The van der Waals surface area contributed by atoms with E-state index in [2.05, 4.69) is 11.3 Å². The van der Waals surface area contributed by atoms with E-state index < -0.39 is 30.5 Å². The molecule has 0 aliphatic carbocycles. The van der Waals surface area contributed by atoms with Crippen LogP contribution in [-0.4, -0.2) is 45.8 Å². The summed E-state index contributed by atoms with van der Waals surface area (Å²) in [6, 6.07) is 5.48. The Morgan fingerprint density at radius 1 is 1.00 bits per heavy atom. The minimum absolute atomic E-state index is 0.190. The lowest BCUT2D eigenvalue weighted by molar-refractivity contribution is -0.151. The summed E-state index contributed by atoms with van der Waals surface area (Å²) in [6.07, 6.45) is 0.906. The zero-order chi connectivity index (χ0) is 16.4. The van der Waals surface area contributed by atoms with Crippen LogP contribution >= 0.6 is 0 Å². The maximum absolute atomic E-state index is 10.5. The summed E-state index contributed by atoms with van der Waals surface area (Å²) in [4.78, 5) is 40.7. The van der Waals surface area contributed by atoms with Gasteiger partial charge in [0, 0.05) is 6.08 Å². The molecule has 0 aliphatic heterocycles. The Morgan fingerprint density at radius 3 is 1.71 bits per heavy atom. The van der Waals surface area contributed by atoms with Crippen molar-refractivity contribution >= 4 is 23.9 Å². The third-order valence-corrected chi connectivity index (χ3v) is 1.89. The van der Waals surface area contributed by atoms with Gasteiger partial charge in [0.25, 0.3) is 0 Å². The number of carboxylic acids is 3. The van der Waals surface area contributed by atoms with Crippen LogP contribution in [0.25, 0.3) is 0 Å². The zero-order valence-electron chi connectivity index (χ0n) is 10.7. The van der Waals surface area contributed by atoms with Gasteiger partial charge in [-0.15, -0.1) is 0 Å². The van der Waals surface area contributed by atoms with Crippen molar-refractivity contribution in [1.29, 1.82) is 0 Å². The van der Waals surface area contributed by atoms with Crippen LogP contribution in [0.2, 0.25) is 0 Å². The van der Waals surface area contributed by atoms with Gasteiger partial charge in [-0.1, -0.05) is 18.7 Å². The van der Waals surface area contributed by atoms with E-state index in [0.717, 1.165) is 6.08 Å². The number of hydrogen-bond acceptors (Lipinski definition) is 5.